The Balaban J connectivity index is 2.23. The van der Waals surface area contributed by atoms with Crippen LogP contribution in [0.3, 0.4) is 0 Å². The summed E-state index contributed by atoms with van der Waals surface area (Å²) in [5.41, 5.74) is 4.31. The molecule has 0 aromatic heterocycles. The van der Waals surface area contributed by atoms with E-state index in [0.29, 0.717) is 5.56 Å². The van der Waals surface area contributed by atoms with Crippen molar-refractivity contribution in [2.24, 2.45) is 0 Å². The van der Waals surface area contributed by atoms with Gasteiger partial charge in [0.15, 0.2) is 0 Å². The van der Waals surface area contributed by atoms with E-state index >= 15 is 0 Å². The third-order valence-corrected chi connectivity index (χ3v) is 4.41. The number of rotatable bonds is 3. The van der Waals surface area contributed by atoms with Crippen LogP contribution in [-0.4, -0.2) is 0 Å². The van der Waals surface area contributed by atoms with Crippen molar-refractivity contribution in [2.75, 3.05) is 0 Å². The van der Waals surface area contributed by atoms with Crippen LogP contribution in [0.5, 0.6) is 0 Å². The Bertz CT molecular complexity index is 595. The van der Waals surface area contributed by atoms with Gasteiger partial charge in [0.05, 0.1) is 5.02 Å². The largest absolute Gasteiger partial charge is 0.205 e. The molecule has 0 nitrogen and oxygen atoms in total. The molecule has 0 bridgehead atoms. The number of halogens is 3. The van der Waals surface area contributed by atoms with E-state index in [1.54, 1.807) is 18.2 Å². The fraction of sp³-hybridized carbons (Fsp3) is 0.250. The first-order valence-electron chi connectivity index (χ1n) is 6.13. The molecule has 0 fully saturated rings. The summed E-state index contributed by atoms with van der Waals surface area (Å²) >= 11 is 9.36. The minimum Gasteiger partial charge on any atom is -0.205 e. The Kier molecular flexibility index (Phi) is 4.64. The molecule has 1 atom stereocenters. The lowest BCUT2D eigenvalue weighted by atomic mass is 10.0. The van der Waals surface area contributed by atoms with Crippen molar-refractivity contribution >= 4 is 27.5 Å². The van der Waals surface area contributed by atoms with E-state index in [1.165, 1.54) is 16.7 Å². The summed E-state index contributed by atoms with van der Waals surface area (Å²) in [7, 11) is 0. The van der Waals surface area contributed by atoms with Crippen LogP contribution < -0.4 is 0 Å². The molecule has 0 N–H and O–H groups in total. The molecule has 2 aromatic carbocycles. The van der Waals surface area contributed by atoms with Crippen molar-refractivity contribution in [2.45, 2.75) is 25.1 Å². The van der Waals surface area contributed by atoms with Gasteiger partial charge in [0.2, 0.25) is 0 Å². The molecule has 2 aromatic rings. The fourth-order valence-corrected chi connectivity index (χ4v) is 2.92. The molecule has 3 heteroatoms. The van der Waals surface area contributed by atoms with E-state index in [1.807, 2.05) is 0 Å². The molecule has 0 saturated carbocycles. The summed E-state index contributed by atoms with van der Waals surface area (Å²) < 4.78 is 13.9. The number of alkyl halides is 1. The summed E-state index contributed by atoms with van der Waals surface area (Å²) in [5, 5.41) is 0.169. The highest BCUT2D eigenvalue weighted by Gasteiger charge is 2.15. The maximum Gasteiger partial charge on any atom is 0.146 e. The molecule has 1 unspecified atom stereocenters. The van der Waals surface area contributed by atoms with E-state index in [0.717, 1.165) is 6.42 Å². The van der Waals surface area contributed by atoms with Crippen LogP contribution in [0.4, 0.5) is 4.39 Å². The maximum atomic E-state index is 13.9. The first-order valence-corrected chi connectivity index (χ1v) is 7.42. The molecule has 0 aliphatic heterocycles. The molecular weight excluding hydrogens is 327 g/mol. The third-order valence-electron chi connectivity index (χ3n) is 3.31. The Hall–Kier alpha value is -0.860. The van der Waals surface area contributed by atoms with Crippen LogP contribution in [0.15, 0.2) is 36.4 Å². The average molecular weight is 342 g/mol. The Labute approximate surface area is 126 Å². The minimum atomic E-state index is -0.338. The summed E-state index contributed by atoms with van der Waals surface area (Å²) in [6.07, 6.45) is 0.735. The molecule has 19 heavy (non-hydrogen) atoms. The van der Waals surface area contributed by atoms with Crippen LogP contribution in [0.2, 0.25) is 5.02 Å². The van der Waals surface area contributed by atoms with Crippen molar-refractivity contribution in [3.8, 4) is 0 Å². The minimum absolute atomic E-state index is 0.0756. The van der Waals surface area contributed by atoms with E-state index in [2.05, 4.69) is 48.0 Å². The highest BCUT2D eigenvalue weighted by atomic mass is 79.9. The first kappa shape index (κ1) is 14.5. The van der Waals surface area contributed by atoms with E-state index < -0.39 is 0 Å². The highest BCUT2D eigenvalue weighted by Crippen LogP contribution is 2.32. The standard InChI is InChI=1S/C16H15BrClF/c1-10-6-7-12(8-11(10)2)9-14(17)13-4-3-5-15(18)16(13)19/h3-8,14H,9H2,1-2H3. The van der Waals surface area contributed by atoms with Gasteiger partial charge in [-0.2, -0.15) is 0 Å². The van der Waals surface area contributed by atoms with E-state index in [-0.39, 0.29) is 15.7 Å². The van der Waals surface area contributed by atoms with Gasteiger partial charge in [-0.05, 0) is 43.0 Å². The van der Waals surface area contributed by atoms with Crippen LogP contribution in [-0.2, 0) is 6.42 Å². The average Bonchev–Trinajstić information content (AvgIpc) is 2.37. The van der Waals surface area contributed by atoms with Crippen molar-refractivity contribution < 1.29 is 4.39 Å². The van der Waals surface area contributed by atoms with E-state index in [4.69, 9.17) is 11.6 Å². The van der Waals surface area contributed by atoms with Gasteiger partial charge >= 0.3 is 0 Å². The lowest BCUT2D eigenvalue weighted by molar-refractivity contribution is 0.608. The Morgan fingerprint density at radius 2 is 1.89 bits per heavy atom. The summed E-state index contributed by atoms with van der Waals surface area (Å²) in [6.45, 7) is 4.17. The number of benzene rings is 2. The van der Waals surface area contributed by atoms with Crippen LogP contribution in [0, 0.1) is 19.7 Å². The monoisotopic (exact) mass is 340 g/mol. The molecule has 2 rings (SSSR count). The van der Waals surface area contributed by atoms with Crippen molar-refractivity contribution in [1.29, 1.82) is 0 Å². The summed E-state index contributed by atoms with van der Waals surface area (Å²) in [4.78, 5) is -0.0756. The van der Waals surface area contributed by atoms with E-state index in [9.17, 15) is 4.39 Å². The molecule has 0 radical (unpaired) electrons. The molecule has 100 valence electrons. The van der Waals surface area contributed by atoms with Crippen molar-refractivity contribution in [3.63, 3.8) is 0 Å². The zero-order valence-electron chi connectivity index (χ0n) is 10.9. The first-order chi connectivity index (χ1) is 8.99. The summed E-state index contributed by atoms with van der Waals surface area (Å²) in [5.74, 6) is -0.338. The van der Waals surface area contributed by atoms with Gasteiger partial charge in [0.1, 0.15) is 5.82 Å². The second-order valence-corrected chi connectivity index (χ2v) is 6.25. The normalized spacial score (nSPS) is 12.5. The van der Waals surface area contributed by atoms with Crippen molar-refractivity contribution in [3.05, 3.63) is 69.5 Å². The lowest BCUT2D eigenvalue weighted by Gasteiger charge is -2.13. The van der Waals surface area contributed by atoms with Crippen LogP contribution in [0.1, 0.15) is 27.1 Å². The Morgan fingerprint density at radius 3 is 2.58 bits per heavy atom. The quantitative estimate of drug-likeness (QED) is 0.621. The maximum absolute atomic E-state index is 13.9. The van der Waals surface area contributed by atoms with Crippen LogP contribution in [0.25, 0.3) is 0 Å². The number of hydrogen-bond donors (Lipinski definition) is 0. The van der Waals surface area contributed by atoms with Gasteiger partial charge in [-0.3, -0.25) is 0 Å². The Morgan fingerprint density at radius 1 is 1.16 bits per heavy atom. The van der Waals surface area contributed by atoms with Crippen molar-refractivity contribution in [1.82, 2.24) is 0 Å². The second-order valence-electron chi connectivity index (χ2n) is 4.73. The van der Waals surface area contributed by atoms with Gasteiger partial charge in [-0.25, -0.2) is 4.39 Å². The summed E-state index contributed by atoms with van der Waals surface area (Å²) in [6, 6.07) is 11.4. The number of hydrogen-bond acceptors (Lipinski definition) is 0. The van der Waals surface area contributed by atoms with Gasteiger partial charge in [-0.15, -0.1) is 0 Å². The predicted molar refractivity (Wildman–Crippen MR) is 82.7 cm³/mol. The molecular formula is C16H15BrClF. The predicted octanol–water partition coefficient (Wildman–Crippen LogP) is 5.77. The fourth-order valence-electron chi connectivity index (χ4n) is 2.01. The topological polar surface area (TPSA) is 0 Å². The molecule has 0 spiro atoms. The van der Waals surface area contributed by atoms with Crippen LogP contribution >= 0.6 is 27.5 Å². The smallest absolute Gasteiger partial charge is 0.146 e. The lowest BCUT2D eigenvalue weighted by Crippen LogP contribution is -1.99. The SMILES string of the molecule is Cc1ccc(CC(Br)c2cccc(Cl)c2F)cc1C. The van der Waals surface area contributed by atoms with Gasteiger partial charge in [-0.1, -0.05) is 57.9 Å². The van der Waals surface area contributed by atoms with Gasteiger partial charge in [0.25, 0.3) is 0 Å². The molecule has 0 heterocycles. The second kappa shape index (κ2) is 6.06. The van der Waals surface area contributed by atoms with Gasteiger partial charge in [0, 0.05) is 10.4 Å². The van der Waals surface area contributed by atoms with Gasteiger partial charge < -0.3 is 0 Å². The molecule has 0 saturated heterocycles. The zero-order valence-corrected chi connectivity index (χ0v) is 13.2. The third kappa shape index (κ3) is 3.37. The highest BCUT2D eigenvalue weighted by molar-refractivity contribution is 9.09. The molecule has 0 aliphatic carbocycles. The number of aryl methyl sites for hydroxylation is 2. The zero-order chi connectivity index (χ0) is 14.0. The molecule has 0 amide bonds. The molecule has 0 aliphatic rings.